The third-order valence-electron chi connectivity index (χ3n) is 2.54. The highest BCUT2D eigenvalue weighted by Crippen LogP contribution is 2.18. The minimum atomic E-state index is -1.09. The van der Waals surface area contributed by atoms with Gasteiger partial charge in [-0.05, 0) is 24.3 Å². The fourth-order valence-corrected chi connectivity index (χ4v) is 1.90. The van der Waals surface area contributed by atoms with Gasteiger partial charge in [0.1, 0.15) is 12.4 Å². The summed E-state index contributed by atoms with van der Waals surface area (Å²) in [5.74, 6) is -3.83. The predicted octanol–water partition coefficient (Wildman–Crippen LogP) is 4.22. The van der Waals surface area contributed by atoms with Crippen molar-refractivity contribution in [3.05, 3.63) is 69.4 Å². The first-order valence-corrected chi connectivity index (χ1v) is 6.33. The maximum absolute atomic E-state index is 13.4. The minimum Gasteiger partial charge on any atom is -0.457 e. The Morgan fingerprint density at radius 3 is 2.60 bits per heavy atom. The molecule has 2 nitrogen and oxygen atoms in total. The number of esters is 1. The molecule has 2 aromatic carbocycles. The number of carbonyl (C=O) groups is 1. The topological polar surface area (TPSA) is 26.3 Å². The number of benzene rings is 2. The lowest BCUT2D eigenvalue weighted by Crippen LogP contribution is -2.09. The fourth-order valence-electron chi connectivity index (χ4n) is 1.53. The van der Waals surface area contributed by atoms with Crippen LogP contribution in [0.15, 0.2) is 40.9 Å². The van der Waals surface area contributed by atoms with Gasteiger partial charge >= 0.3 is 5.97 Å². The summed E-state index contributed by atoms with van der Waals surface area (Å²) >= 11 is 3.10. The first-order valence-electron chi connectivity index (χ1n) is 5.54. The zero-order valence-corrected chi connectivity index (χ0v) is 11.6. The van der Waals surface area contributed by atoms with Gasteiger partial charge in [-0.15, -0.1) is 0 Å². The van der Waals surface area contributed by atoms with E-state index in [-0.39, 0.29) is 11.1 Å². The summed E-state index contributed by atoms with van der Waals surface area (Å²) < 4.78 is 45.0. The van der Waals surface area contributed by atoms with E-state index in [0.29, 0.717) is 4.47 Å². The number of rotatable bonds is 3. The molecule has 0 saturated carbocycles. The van der Waals surface area contributed by atoms with Crippen LogP contribution in [0.25, 0.3) is 0 Å². The van der Waals surface area contributed by atoms with Crippen LogP contribution in [-0.2, 0) is 11.3 Å². The standard InChI is InChI=1S/C14H8BrF3O2/c15-9-4-5-11(16)10(6-9)14(19)20-7-8-2-1-3-12(17)13(8)18/h1-6H,7H2. The van der Waals surface area contributed by atoms with Gasteiger partial charge < -0.3 is 4.74 Å². The van der Waals surface area contributed by atoms with E-state index in [9.17, 15) is 18.0 Å². The monoisotopic (exact) mass is 344 g/mol. The van der Waals surface area contributed by atoms with Crippen molar-refractivity contribution in [2.45, 2.75) is 6.61 Å². The highest BCUT2D eigenvalue weighted by atomic mass is 79.9. The van der Waals surface area contributed by atoms with E-state index in [1.807, 2.05) is 0 Å². The molecule has 0 heterocycles. The second-order valence-corrected chi connectivity index (χ2v) is 4.83. The van der Waals surface area contributed by atoms with E-state index in [1.54, 1.807) is 0 Å². The Balaban J connectivity index is 2.13. The molecule has 0 bridgehead atoms. The molecule has 0 spiro atoms. The van der Waals surface area contributed by atoms with Gasteiger partial charge in [-0.25, -0.2) is 18.0 Å². The van der Waals surface area contributed by atoms with Gasteiger partial charge in [-0.1, -0.05) is 28.1 Å². The average molecular weight is 345 g/mol. The summed E-state index contributed by atoms with van der Waals surface area (Å²) in [5.41, 5.74) is -0.398. The Bertz CT molecular complexity index is 659. The number of ether oxygens (including phenoxy) is 1. The largest absolute Gasteiger partial charge is 0.457 e. The molecule has 0 aliphatic carbocycles. The van der Waals surface area contributed by atoms with E-state index < -0.39 is 30.0 Å². The molecule has 0 amide bonds. The van der Waals surface area contributed by atoms with Gasteiger partial charge in [0.05, 0.1) is 5.56 Å². The maximum atomic E-state index is 13.4. The second-order valence-electron chi connectivity index (χ2n) is 3.91. The van der Waals surface area contributed by atoms with Gasteiger partial charge in [0, 0.05) is 10.0 Å². The Kier molecular flexibility index (Phi) is 4.44. The summed E-state index contributed by atoms with van der Waals surface area (Å²) in [5, 5.41) is 0. The van der Waals surface area contributed by atoms with Crippen molar-refractivity contribution in [1.29, 1.82) is 0 Å². The smallest absolute Gasteiger partial charge is 0.341 e. The summed E-state index contributed by atoms with van der Waals surface area (Å²) in [6.45, 7) is -0.478. The molecule has 2 aromatic rings. The van der Waals surface area contributed by atoms with Crippen LogP contribution in [0.5, 0.6) is 0 Å². The first kappa shape index (κ1) is 14.6. The third-order valence-corrected chi connectivity index (χ3v) is 3.03. The molecular weight excluding hydrogens is 337 g/mol. The molecule has 0 atom stereocenters. The van der Waals surface area contributed by atoms with E-state index in [0.717, 1.165) is 12.1 Å². The minimum absolute atomic E-state index is 0.117. The molecule has 2 rings (SSSR count). The fraction of sp³-hybridized carbons (Fsp3) is 0.0714. The van der Waals surface area contributed by atoms with Crippen LogP contribution >= 0.6 is 15.9 Å². The lowest BCUT2D eigenvalue weighted by Gasteiger charge is -2.07. The molecule has 0 aliphatic heterocycles. The lowest BCUT2D eigenvalue weighted by atomic mass is 10.2. The number of carbonyl (C=O) groups excluding carboxylic acids is 1. The normalized spacial score (nSPS) is 10.4. The molecule has 20 heavy (non-hydrogen) atoms. The molecular formula is C14H8BrF3O2. The molecule has 0 unspecified atom stereocenters. The van der Waals surface area contributed by atoms with Crippen molar-refractivity contribution < 1.29 is 22.7 Å². The van der Waals surface area contributed by atoms with E-state index in [2.05, 4.69) is 15.9 Å². The highest BCUT2D eigenvalue weighted by molar-refractivity contribution is 9.10. The Morgan fingerprint density at radius 1 is 1.10 bits per heavy atom. The van der Waals surface area contributed by atoms with Crippen molar-refractivity contribution in [2.24, 2.45) is 0 Å². The zero-order chi connectivity index (χ0) is 14.7. The predicted molar refractivity (Wildman–Crippen MR) is 69.6 cm³/mol. The Hall–Kier alpha value is -1.82. The molecule has 0 aliphatic rings. The molecule has 0 radical (unpaired) electrons. The number of hydrogen-bond donors (Lipinski definition) is 0. The lowest BCUT2D eigenvalue weighted by molar-refractivity contribution is 0.0462. The summed E-state index contributed by atoms with van der Waals surface area (Å²) in [4.78, 5) is 11.7. The van der Waals surface area contributed by atoms with Gasteiger partial charge in [0.2, 0.25) is 0 Å². The van der Waals surface area contributed by atoms with Crippen molar-refractivity contribution in [3.63, 3.8) is 0 Å². The summed E-state index contributed by atoms with van der Waals surface area (Å²) in [7, 11) is 0. The number of halogens is 4. The highest BCUT2D eigenvalue weighted by Gasteiger charge is 2.15. The molecule has 6 heteroatoms. The van der Waals surface area contributed by atoms with Crippen LogP contribution in [0.1, 0.15) is 15.9 Å². The summed E-state index contributed by atoms with van der Waals surface area (Å²) in [6, 6.07) is 7.31. The number of hydrogen-bond acceptors (Lipinski definition) is 2. The maximum Gasteiger partial charge on any atom is 0.341 e. The van der Waals surface area contributed by atoms with Crippen LogP contribution in [0, 0.1) is 17.5 Å². The van der Waals surface area contributed by atoms with Crippen LogP contribution < -0.4 is 0 Å². The van der Waals surface area contributed by atoms with Gasteiger partial charge in [-0.2, -0.15) is 0 Å². The molecule has 0 fully saturated rings. The van der Waals surface area contributed by atoms with Gasteiger partial charge in [-0.3, -0.25) is 0 Å². The first-order chi connectivity index (χ1) is 9.49. The second kappa shape index (κ2) is 6.09. The molecule has 0 saturated heterocycles. The van der Waals surface area contributed by atoms with Crippen molar-refractivity contribution in [3.8, 4) is 0 Å². The molecule has 0 aromatic heterocycles. The van der Waals surface area contributed by atoms with Crippen molar-refractivity contribution in [2.75, 3.05) is 0 Å². The van der Waals surface area contributed by atoms with Crippen LogP contribution in [-0.4, -0.2) is 5.97 Å². The SMILES string of the molecule is O=C(OCc1cccc(F)c1F)c1cc(Br)ccc1F. The van der Waals surface area contributed by atoms with Crippen LogP contribution in [0.4, 0.5) is 13.2 Å². The van der Waals surface area contributed by atoms with Gasteiger partial charge in [0.25, 0.3) is 0 Å². The Labute approximate surface area is 121 Å². The third kappa shape index (κ3) is 3.19. The van der Waals surface area contributed by atoms with Crippen LogP contribution in [0.3, 0.4) is 0 Å². The van der Waals surface area contributed by atoms with E-state index >= 15 is 0 Å². The van der Waals surface area contributed by atoms with Gasteiger partial charge in [0.15, 0.2) is 11.6 Å². The molecule has 0 N–H and O–H groups in total. The van der Waals surface area contributed by atoms with E-state index in [4.69, 9.17) is 4.74 Å². The van der Waals surface area contributed by atoms with E-state index in [1.165, 1.54) is 24.3 Å². The van der Waals surface area contributed by atoms with Crippen molar-refractivity contribution >= 4 is 21.9 Å². The quantitative estimate of drug-likeness (QED) is 0.779. The summed E-state index contributed by atoms with van der Waals surface area (Å²) in [6.07, 6.45) is 0. The average Bonchev–Trinajstić information content (AvgIpc) is 2.43. The zero-order valence-electron chi connectivity index (χ0n) is 10.00. The molecule has 104 valence electrons. The van der Waals surface area contributed by atoms with Crippen LogP contribution in [0.2, 0.25) is 0 Å². The Morgan fingerprint density at radius 2 is 1.85 bits per heavy atom. The van der Waals surface area contributed by atoms with Crippen molar-refractivity contribution in [1.82, 2.24) is 0 Å².